The molecule has 0 amide bonds. The van der Waals surface area contributed by atoms with Crippen molar-refractivity contribution in [1.29, 1.82) is 0 Å². The average molecular weight is 341 g/mol. The van der Waals surface area contributed by atoms with Gasteiger partial charge in [0.05, 0.1) is 10.6 Å². The van der Waals surface area contributed by atoms with E-state index in [2.05, 4.69) is 9.46 Å². The van der Waals surface area contributed by atoms with E-state index in [1.165, 1.54) is 24.3 Å². The van der Waals surface area contributed by atoms with Crippen molar-refractivity contribution < 1.29 is 21.9 Å². The Morgan fingerprint density at radius 2 is 1.70 bits per heavy atom. The molecule has 0 aliphatic heterocycles. The van der Waals surface area contributed by atoms with Crippen LogP contribution in [0.15, 0.2) is 41.3 Å². The Morgan fingerprint density at radius 3 is 2.30 bits per heavy atom. The summed E-state index contributed by atoms with van der Waals surface area (Å²) in [6, 6.07) is 9.04. The van der Waals surface area contributed by atoms with Gasteiger partial charge in [0.25, 0.3) is 10.0 Å². The van der Waals surface area contributed by atoms with Crippen LogP contribution in [-0.4, -0.2) is 15.0 Å². The molecule has 0 bridgehead atoms. The van der Waals surface area contributed by atoms with Crippen LogP contribution >= 0.6 is 0 Å². The average Bonchev–Trinajstić information content (AvgIpc) is 2.44. The van der Waals surface area contributed by atoms with Gasteiger partial charge in [-0.25, -0.2) is 8.42 Å². The van der Waals surface area contributed by atoms with E-state index in [4.69, 9.17) is 0 Å². The molecule has 124 valence electrons. The number of rotatable bonds is 5. The molecule has 1 N–H and O–H groups in total. The van der Waals surface area contributed by atoms with Crippen LogP contribution in [0.3, 0.4) is 0 Å². The summed E-state index contributed by atoms with van der Waals surface area (Å²) in [7, 11) is -3.90. The Morgan fingerprint density at radius 1 is 1.00 bits per heavy atom. The highest BCUT2D eigenvalue weighted by Crippen LogP contribution is 2.29. The molecule has 0 fully saturated rings. The second-order valence-corrected chi connectivity index (χ2v) is 6.91. The third-order valence-electron chi connectivity index (χ3n) is 3.39. The fourth-order valence-electron chi connectivity index (χ4n) is 1.99. The highest BCUT2D eigenvalue weighted by atomic mass is 32.2. The van der Waals surface area contributed by atoms with E-state index in [0.717, 1.165) is 11.1 Å². The van der Waals surface area contributed by atoms with Gasteiger partial charge >= 0.3 is 6.61 Å². The van der Waals surface area contributed by atoms with Crippen LogP contribution in [0.1, 0.15) is 16.7 Å². The fraction of sp³-hybridized carbons (Fsp3) is 0.250. The van der Waals surface area contributed by atoms with Gasteiger partial charge < -0.3 is 4.74 Å². The largest absolute Gasteiger partial charge is 0.433 e. The molecule has 0 aliphatic carbocycles. The van der Waals surface area contributed by atoms with Gasteiger partial charge in [0.1, 0.15) is 5.75 Å². The van der Waals surface area contributed by atoms with Crippen LogP contribution in [-0.2, 0) is 10.0 Å². The maximum atomic E-state index is 12.5. The normalized spacial score (nSPS) is 11.6. The van der Waals surface area contributed by atoms with Crippen molar-refractivity contribution in [3.05, 3.63) is 53.1 Å². The van der Waals surface area contributed by atoms with Crippen molar-refractivity contribution in [2.75, 3.05) is 4.72 Å². The molecule has 2 aromatic carbocycles. The molecule has 23 heavy (non-hydrogen) atoms. The Bertz CT molecular complexity index is 820. The maximum absolute atomic E-state index is 12.5. The zero-order valence-corrected chi connectivity index (χ0v) is 13.7. The zero-order chi connectivity index (χ0) is 17.2. The lowest BCUT2D eigenvalue weighted by atomic mass is 10.1. The lowest BCUT2D eigenvalue weighted by Crippen LogP contribution is -2.15. The summed E-state index contributed by atoms with van der Waals surface area (Å²) >= 11 is 0. The molecule has 0 unspecified atom stereocenters. The van der Waals surface area contributed by atoms with Crippen molar-refractivity contribution in [3.63, 3.8) is 0 Å². The molecule has 0 spiro atoms. The van der Waals surface area contributed by atoms with E-state index in [0.29, 0.717) is 5.56 Å². The minimum atomic E-state index is -3.90. The minimum absolute atomic E-state index is 0.0332. The Balaban J connectivity index is 2.38. The topological polar surface area (TPSA) is 55.4 Å². The van der Waals surface area contributed by atoms with Gasteiger partial charge in [-0.2, -0.15) is 8.78 Å². The number of anilines is 1. The van der Waals surface area contributed by atoms with E-state index >= 15 is 0 Å². The molecule has 2 rings (SSSR count). The Hall–Kier alpha value is -2.15. The number of hydrogen-bond donors (Lipinski definition) is 1. The number of ether oxygens (including phenoxy) is 1. The van der Waals surface area contributed by atoms with E-state index in [-0.39, 0.29) is 16.3 Å². The molecule has 0 aliphatic rings. The summed E-state index contributed by atoms with van der Waals surface area (Å²) < 4.78 is 56.5. The zero-order valence-electron chi connectivity index (χ0n) is 12.9. The molecule has 4 nitrogen and oxygen atoms in total. The first kappa shape index (κ1) is 17.2. The molecule has 0 saturated carbocycles. The van der Waals surface area contributed by atoms with Gasteiger partial charge in [-0.3, -0.25) is 4.72 Å². The van der Waals surface area contributed by atoms with Crippen LogP contribution < -0.4 is 9.46 Å². The molecule has 0 radical (unpaired) electrons. The number of benzene rings is 2. The number of sulfonamides is 1. The van der Waals surface area contributed by atoms with Crippen molar-refractivity contribution >= 4 is 15.7 Å². The molecular formula is C16H17F2NO3S. The fourth-order valence-corrected chi connectivity index (χ4v) is 3.15. The Labute approximate surface area is 134 Å². The van der Waals surface area contributed by atoms with Gasteiger partial charge in [-0.15, -0.1) is 0 Å². The lowest BCUT2D eigenvalue weighted by Gasteiger charge is -2.14. The molecule has 0 atom stereocenters. The van der Waals surface area contributed by atoms with Gasteiger partial charge in [0.2, 0.25) is 0 Å². The van der Waals surface area contributed by atoms with Gasteiger partial charge in [0.15, 0.2) is 0 Å². The van der Waals surface area contributed by atoms with E-state index in [1.54, 1.807) is 26.0 Å². The van der Waals surface area contributed by atoms with Gasteiger partial charge in [-0.05, 0) is 61.7 Å². The van der Waals surface area contributed by atoms with Crippen molar-refractivity contribution in [1.82, 2.24) is 0 Å². The van der Waals surface area contributed by atoms with E-state index in [9.17, 15) is 17.2 Å². The minimum Gasteiger partial charge on any atom is -0.433 e. The molecule has 0 heterocycles. The maximum Gasteiger partial charge on any atom is 0.387 e. The van der Waals surface area contributed by atoms with Crippen molar-refractivity contribution in [3.8, 4) is 5.75 Å². The number of nitrogens with one attached hydrogen (secondary N) is 1. The molecule has 0 aromatic heterocycles. The van der Waals surface area contributed by atoms with Gasteiger partial charge in [-0.1, -0.05) is 12.1 Å². The second-order valence-electron chi connectivity index (χ2n) is 5.23. The predicted octanol–water partition coefficient (Wildman–Crippen LogP) is 4.01. The molecule has 7 heteroatoms. The third kappa shape index (κ3) is 4.19. The van der Waals surface area contributed by atoms with E-state index < -0.39 is 16.6 Å². The van der Waals surface area contributed by atoms with Crippen LogP contribution in [0.5, 0.6) is 5.75 Å². The summed E-state index contributed by atoms with van der Waals surface area (Å²) in [5.41, 5.74) is 2.42. The van der Waals surface area contributed by atoms with Crippen LogP contribution in [0, 0.1) is 20.8 Å². The monoisotopic (exact) mass is 341 g/mol. The summed E-state index contributed by atoms with van der Waals surface area (Å²) in [6.45, 7) is 2.32. The summed E-state index contributed by atoms with van der Waals surface area (Å²) in [5.74, 6) is -0.215. The highest BCUT2D eigenvalue weighted by molar-refractivity contribution is 7.92. The third-order valence-corrected chi connectivity index (χ3v) is 4.75. The number of halogens is 2. The first-order chi connectivity index (χ1) is 10.7. The lowest BCUT2D eigenvalue weighted by molar-refractivity contribution is -0.0493. The van der Waals surface area contributed by atoms with Crippen LogP contribution in [0.2, 0.25) is 0 Å². The quantitative estimate of drug-likeness (QED) is 0.894. The number of aryl methyl sites for hydroxylation is 3. The standard InChI is InChI=1S/C16H17F2NO3S/c1-10-4-7-14(15(8-10)22-16(17)18)19-23(20,21)13-6-5-11(2)12(3)9-13/h4-9,16,19H,1-3H3. The van der Waals surface area contributed by atoms with Gasteiger partial charge in [0, 0.05) is 0 Å². The predicted molar refractivity (Wildman–Crippen MR) is 84.5 cm³/mol. The first-order valence-corrected chi connectivity index (χ1v) is 8.33. The smallest absolute Gasteiger partial charge is 0.387 e. The number of alkyl halides is 2. The highest BCUT2D eigenvalue weighted by Gasteiger charge is 2.18. The van der Waals surface area contributed by atoms with Crippen LogP contribution in [0.4, 0.5) is 14.5 Å². The SMILES string of the molecule is Cc1ccc(NS(=O)(=O)c2ccc(C)c(C)c2)c(OC(F)F)c1. The summed E-state index contributed by atoms with van der Waals surface area (Å²) in [5, 5.41) is 0. The Kier molecular flexibility index (Phi) is 4.89. The summed E-state index contributed by atoms with van der Waals surface area (Å²) in [6.07, 6.45) is 0. The summed E-state index contributed by atoms with van der Waals surface area (Å²) in [4.78, 5) is 0.0594. The first-order valence-electron chi connectivity index (χ1n) is 6.84. The van der Waals surface area contributed by atoms with Crippen molar-refractivity contribution in [2.24, 2.45) is 0 Å². The molecule has 0 saturated heterocycles. The van der Waals surface area contributed by atoms with Crippen molar-refractivity contribution in [2.45, 2.75) is 32.3 Å². The molecular weight excluding hydrogens is 324 g/mol. The molecule has 2 aromatic rings. The second kappa shape index (κ2) is 6.54. The van der Waals surface area contributed by atoms with Crippen LogP contribution in [0.25, 0.3) is 0 Å². The van der Waals surface area contributed by atoms with E-state index in [1.807, 2.05) is 6.92 Å². The number of hydrogen-bond acceptors (Lipinski definition) is 3.